The van der Waals surface area contributed by atoms with Crippen molar-refractivity contribution < 1.29 is 13.5 Å². The van der Waals surface area contributed by atoms with Crippen molar-refractivity contribution in [2.75, 3.05) is 23.2 Å². The summed E-state index contributed by atoms with van der Waals surface area (Å²) < 4.78 is 25.8. The fourth-order valence-corrected chi connectivity index (χ4v) is 3.71. The predicted molar refractivity (Wildman–Crippen MR) is 74.4 cm³/mol. The molecule has 0 atom stereocenters. The van der Waals surface area contributed by atoms with Gasteiger partial charge in [-0.1, -0.05) is 25.1 Å². The third-order valence-electron chi connectivity index (χ3n) is 2.79. The van der Waals surface area contributed by atoms with Crippen molar-refractivity contribution in [1.29, 1.82) is 0 Å². The first kappa shape index (κ1) is 15.0. The zero-order valence-electron chi connectivity index (χ0n) is 11.2. The minimum atomic E-state index is -3.36. The van der Waals surface area contributed by atoms with Gasteiger partial charge in [0.25, 0.3) is 0 Å². The van der Waals surface area contributed by atoms with Crippen LogP contribution in [0.2, 0.25) is 0 Å². The molecule has 102 valence electrons. The maximum atomic E-state index is 12.2. The first-order chi connectivity index (χ1) is 8.44. The number of rotatable bonds is 6. The molecule has 1 aromatic carbocycles. The van der Waals surface area contributed by atoms with Crippen LogP contribution in [-0.2, 0) is 10.0 Å². The van der Waals surface area contributed by atoms with Crippen molar-refractivity contribution in [3.8, 4) is 0 Å². The smallest absolute Gasteiger partial charge is 0.235 e. The second kappa shape index (κ2) is 6.20. The molecular formula is C13H21NO3S. The predicted octanol–water partition coefficient (Wildman–Crippen LogP) is 1.84. The van der Waals surface area contributed by atoms with Crippen LogP contribution in [0.4, 0.5) is 5.69 Å². The first-order valence-electron chi connectivity index (χ1n) is 6.11. The molecule has 1 aromatic rings. The molecule has 0 spiro atoms. The topological polar surface area (TPSA) is 57.6 Å². The summed E-state index contributed by atoms with van der Waals surface area (Å²) in [6.07, 6.45) is 0.565. The van der Waals surface area contributed by atoms with Gasteiger partial charge in [-0.2, -0.15) is 0 Å². The Bertz CT molecular complexity index is 477. The molecule has 0 aliphatic rings. The van der Waals surface area contributed by atoms with E-state index in [4.69, 9.17) is 5.11 Å². The highest BCUT2D eigenvalue weighted by Crippen LogP contribution is 2.27. The number of benzene rings is 1. The number of para-hydroxylation sites is 1. The molecule has 1 N–H and O–H groups in total. The van der Waals surface area contributed by atoms with Crippen LogP contribution in [0.25, 0.3) is 0 Å². The third kappa shape index (κ3) is 3.23. The molecule has 0 fully saturated rings. The fraction of sp³-hybridized carbons (Fsp3) is 0.538. The van der Waals surface area contributed by atoms with E-state index in [1.54, 1.807) is 0 Å². The molecule has 0 aromatic heterocycles. The Kier molecular flexibility index (Phi) is 5.16. The molecule has 0 amide bonds. The third-order valence-corrected chi connectivity index (χ3v) is 4.75. The summed E-state index contributed by atoms with van der Waals surface area (Å²) in [7, 11) is -3.36. The highest BCUT2D eigenvalue weighted by Gasteiger charge is 2.23. The van der Waals surface area contributed by atoms with Gasteiger partial charge in [-0.05, 0) is 31.4 Å². The van der Waals surface area contributed by atoms with Gasteiger partial charge in [0, 0.05) is 0 Å². The summed E-state index contributed by atoms with van der Waals surface area (Å²) >= 11 is 0. The van der Waals surface area contributed by atoms with Gasteiger partial charge in [-0.15, -0.1) is 0 Å². The Hall–Kier alpha value is -1.07. The van der Waals surface area contributed by atoms with E-state index in [1.165, 1.54) is 4.31 Å². The van der Waals surface area contributed by atoms with E-state index in [1.807, 2.05) is 39.0 Å². The minimum absolute atomic E-state index is 0.0980. The van der Waals surface area contributed by atoms with Crippen molar-refractivity contribution >= 4 is 15.7 Å². The fourth-order valence-electron chi connectivity index (χ4n) is 2.05. The zero-order chi connectivity index (χ0) is 13.8. The van der Waals surface area contributed by atoms with E-state index >= 15 is 0 Å². The summed E-state index contributed by atoms with van der Waals surface area (Å²) in [5.74, 6) is 0.0980. The van der Waals surface area contributed by atoms with Crippen LogP contribution in [0.3, 0.4) is 0 Å². The van der Waals surface area contributed by atoms with Crippen LogP contribution in [0.15, 0.2) is 18.2 Å². The average Bonchev–Trinajstić information content (AvgIpc) is 2.27. The van der Waals surface area contributed by atoms with Crippen LogP contribution < -0.4 is 4.31 Å². The van der Waals surface area contributed by atoms with E-state index in [2.05, 4.69) is 0 Å². The van der Waals surface area contributed by atoms with Crippen molar-refractivity contribution in [2.45, 2.75) is 27.2 Å². The number of hydrogen-bond donors (Lipinski definition) is 1. The second-order valence-corrected chi connectivity index (χ2v) is 6.37. The molecular weight excluding hydrogens is 250 g/mol. The van der Waals surface area contributed by atoms with Crippen molar-refractivity contribution in [3.05, 3.63) is 29.3 Å². The lowest BCUT2D eigenvalue weighted by Gasteiger charge is -2.26. The number of anilines is 1. The molecule has 4 nitrogen and oxygen atoms in total. The molecule has 0 aliphatic carbocycles. The Morgan fingerprint density at radius 2 is 1.78 bits per heavy atom. The highest BCUT2D eigenvalue weighted by molar-refractivity contribution is 7.92. The van der Waals surface area contributed by atoms with Gasteiger partial charge >= 0.3 is 0 Å². The monoisotopic (exact) mass is 271 g/mol. The Labute approximate surface area is 109 Å². The minimum Gasteiger partial charge on any atom is -0.394 e. The van der Waals surface area contributed by atoms with Gasteiger partial charge in [0.2, 0.25) is 10.0 Å². The van der Waals surface area contributed by atoms with Gasteiger partial charge in [-0.3, -0.25) is 4.31 Å². The number of sulfonamides is 1. The molecule has 0 bridgehead atoms. The quantitative estimate of drug-likeness (QED) is 0.859. The van der Waals surface area contributed by atoms with Crippen molar-refractivity contribution in [2.24, 2.45) is 0 Å². The largest absolute Gasteiger partial charge is 0.394 e. The summed E-state index contributed by atoms with van der Waals surface area (Å²) in [5.41, 5.74) is 2.51. The first-order valence-corrected chi connectivity index (χ1v) is 7.72. The van der Waals surface area contributed by atoms with Crippen molar-refractivity contribution in [3.63, 3.8) is 0 Å². The zero-order valence-corrected chi connectivity index (χ0v) is 12.0. The lowest BCUT2D eigenvalue weighted by molar-refractivity contribution is 0.306. The maximum absolute atomic E-state index is 12.2. The van der Waals surface area contributed by atoms with E-state index in [-0.39, 0.29) is 18.9 Å². The second-order valence-electron chi connectivity index (χ2n) is 4.35. The summed E-state index contributed by atoms with van der Waals surface area (Å²) in [6.45, 7) is 5.52. The average molecular weight is 271 g/mol. The molecule has 0 radical (unpaired) electrons. The van der Waals surface area contributed by atoms with Crippen LogP contribution in [-0.4, -0.2) is 32.4 Å². The maximum Gasteiger partial charge on any atom is 0.235 e. The Balaban J connectivity index is 3.29. The standard InChI is InChI=1S/C13H21NO3S/c1-4-10-18(16,17)14(8-9-15)13-11(2)6-5-7-12(13)3/h5-7,15H,4,8-10H2,1-3H3. The molecule has 0 unspecified atom stereocenters. The van der Waals surface area contributed by atoms with Crippen molar-refractivity contribution in [1.82, 2.24) is 0 Å². The van der Waals surface area contributed by atoms with E-state index in [0.717, 1.165) is 11.1 Å². The summed E-state index contributed by atoms with van der Waals surface area (Å²) in [5, 5.41) is 9.11. The van der Waals surface area contributed by atoms with E-state index in [9.17, 15) is 8.42 Å². The number of aliphatic hydroxyl groups is 1. The highest BCUT2D eigenvalue weighted by atomic mass is 32.2. The van der Waals surface area contributed by atoms with Crippen LogP contribution in [0, 0.1) is 13.8 Å². The Morgan fingerprint density at radius 3 is 2.22 bits per heavy atom. The van der Waals surface area contributed by atoms with E-state index < -0.39 is 10.0 Å². The SMILES string of the molecule is CCCS(=O)(=O)N(CCO)c1c(C)cccc1C. The lowest BCUT2D eigenvalue weighted by atomic mass is 10.1. The van der Waals surface area contributed by atoms with Crippen LogP contribution >= 0.6 is 0 Å². The molecule has 0 saturated heterocycles. The van der Waals surface area contributed by atoms with Gasteiger partial charge in [-0.25, -0.2) is 8.42 Å². The number of nitrogens with zero attached hydrogens (tertiary/aromatic N) is 1. The molecule has 1 rings (SSSR count). The van der Waals surface area contributed by atoms with Gasteiger partial charge in [0.1, 0.15) is 0 Å². The normalized spacial score (nSPS) is 11.6. The molecule has 0 saturated carbocycles. The van der Waals surface area contributed by atoms with Crippen LogP contribution in [0.1, 0.15) is 24.5 Å². The Morgan fingerprint density at radius 1 is 1.22 bits per heavy atom. The summed E-state index contributed by atoms with van der Waals surface area (Å²) in [6, 6.07) is 5.67. The molecule has 18 heavy (non-hydrogen) atoms. The van der Waals surface area contributed by atoms with Crippen LogP contribution in [0.5, 0.6) is 0 Å². The van der Waals surface area contributed by atoms with Gasteiger partial charge in [0.15, 0.2) is 0 Å². The van der Waals surface area contributed by atoms with Gasteiger partial charge < -0.3 is 5.11 Å². The van der Waals surface area contributed by atoms with Gasteiger partial charge in [0.05, 0.1) is 24.6 Å². The molecule has 5 heteroatoms. The molecule has 0 aliphatic heterocycles. The molecule has 0 heterocycles. The number of aliphatic hydroxyl groups excluding tert-OH is 1. The van der Waals surface area contributed by atoms with E-state index in [0.29, 0.717) is 12.1 Å². The lowest BCUT2D eigenvalue weighted by Crippen LogP contribution is -2.36. The summed E-state index contributed by atoms with van der Waals surface area (Å²) in [4.78, 5) is 0. The number of aryl methyl sites for hydroxylation is 2. The number of hydrogen-bond acceptors (Lipinski definition) is 3.